The van der Waals surface area contributed by atoms with E-state index in [4.69, 9.17) is 45.4 Å². The number of hydrogen-bond donors (Lipinski definition) is 3. The molecule has 0 bridgehead atoms. The monoisotopic (exact) mass is 558 g/mol. The van der Waals surface area contributed by atoms with Crippen molar-refractivity contribution in [3.05, 3.63) is 28.8 Å². The largest absolute Gasteiger partial charge is 0.868 e. The predicted molar refractivity (Wildman–Crippen MR) is 137 cm³/mol. The SMILES string of the molecule is C=C1CCC(Cl)C(C)(C)C1CC12OC(C)(C)C(Cl)CC1(Cl)C(=O)c1c(O)c(C)c([O-])c([NH2+]N)c1C2=O. The van der Waals surface area contributed by atoms with Crippen molar-refractivity contribution in [2.24, 2.45) is 17.2 Å². The van der Waals surface area contributed by atoms with E-state index in [1.165, 1.54) is 6.92 Å². The molecule has 5 N–H and O–H groups in total. The number of ketones is 2. The number of aromatic hydroxyl groups is 1. The molecule has 0 amide bonds. The lowest BCUT2D eigenvalue weighted by Crippen LogP contribution is -2.86. The van der Waals surface area contributed by atoms with Gasteiger partial charge in [0.05, 0.1) is 22.1 Å². The van der Waals surface area contributed by atoms with Gasteiger partial charge < -0.3 is 14.9 Å². The molecule has 1 aliphatic heterocycles. The lowest BCUT2D eigenvalue weighted by atomic mass is 9.56. The van der Waals surface area contributed by atoms with Crippen molar-refractivity contribution in [3.63, 3.8) is 0 Å². The third-order valence-corrected chi connectivity index (χ3v) is 10.8. The number of halogens is 3. The van der Waals surface area contributed by atoms with Crippen LogP contribution in [0.15, 0.2) is 12.2 Å². The molecule has 1 heterocycles. The number of ether oxygens (including phenoxy) is 1. The molecule has 10 heteroatoms. The third-order valence-electron chi connectivity index (χ3n) is 8.74. The summed E-state index contributed by atoms with van der Waals surface area (Å²) in [4.78, 5) is 26.9. The summed E-state index contributed by atoms with van der Waals surface area (Å²) in [7, 11) is 0. The van der Waals surface area contributed by atoms with Crippen LogP contribution in [0.5, 0.6) is 11.5 Å². The lowest BCUT2D eigenvalue weighted by Gasteiger charge is -2.59. The van der Waals surface area contributed by atoms with Gasteiger partial charge in [-0.15, -0.1) is 34.8 Å². The second-order valence-corrected chi connectivity index (χ2v) is 13.2. The quantitative estimate of drug-likeness (QED) is 0.129. The lowest BCUT2D eigenvalue weighted by molar-refractivity contribution is -0.588. The van der Waals surface area contributed by atoms with Gasteiger partial charge in [-0.3, -0.25) is 9.59 Å². The number of phenolic OH excluding ortho intramolecular Hbond substituents is 1. The van der Waals surface area contributed by atoms with Gasteiger partial charge in [-0.05, 0) is 69.1 Å². The highest BCUT2D eigenvalue weighted by atomic mass is 35.5. The zero-order valence-corrected chi connectivity index (χ0v) is 23.4. The highest BCUT2D eigenvalue weighted by Gasteiger charge is 2.72. The number of carbonyl (C=O) groups is 2. The second kappa shape index (κ2) is 8.58. The van der Waals surface area contributed by atoms with Gasteiger partial charge in [0.25, 0.3) is 0 Å². The minimum Gasteiger partial charge on any atom is -0.868 e. The topological polar surface area (TPSA) is 129 Å². The molecule has 198 valence electrons. The molecular weight excluding hydrogens is 527 g/mol. The number of benzene rings is 1. The summed E-state index contributed by atoms with van der Waals surface area (Å²) < 4.78 is 6.55. The molecule has 36 heavy (non-hydrogen) atoms. The summed E-state index contributed by atoms with van der Waals surface area (Å²) in [6.45, 7) is 13.1. The van der Waals surface area contributed by atoms with Crippen LogP contribution in [-0.4, -0.2) is 43.5 Å². The van der Waals surface area contributed by atoms with Crippen LogP contribution in [0.25, 0.3) is 0 Å². The van der Waals surface area contributed by atoms with E-state index in [1.54, 1.807) is 13.8 Å². The molecule has 2 fully saturated rings. The Balaban J connectivity index is 2.05. The number of nitrogens with two attached hydrogens (primary N) is 2. The Morgan fingerprint density at radius 2 is 1.78 bits per heavy atom. The van der Waals surface area contributed by atoms with Crippen LogP contribution in [0.3, 0.4) is 0 Å². The average molecular weight is 560 g/mol. The van der Waals surface area contributed by atoms with E-state index in [0.29, 0.717) is 6.42 Å². The number of fused-ring (bicyclic) bond motifs is 2. The van der Waals surface area contributed by atoms with E-state index in [0.717, 1.165) is 17.4 Å². The van der Waals surface area contributed by atoms with E-state index in [2.05, 4.69) is 6.58 Å². The summed E-state index contributed by atoms with van der Waals surface area (Å²) in [5.41, 5.74) is -2.42. The zero-order chi connectivity index (χ0) is 27.2. The summed E-state index contributed by atoms with van der Waals surface area (Å²) in [5, 5.41) is 23.0. The maximum atomic E-state index is 14.6. The number of quaternary nitrogens is 1. The highest BCUT2D eigenvalue weighted by molar-refractivity contribution is 6.45. The molecule has 1 saturated heterocycles. The number of allylic oxidation sites excluding steroid dienone is 1. The van der Waals surface area contributed by atoms with Crippen molar-refractivity contribution in [2.45, 2.75) is 87.1 Å². The fraction of sp³-hybridized carbons (Fsp3) is 0.615. The van der Waals surface area contributed by atoms with Crippen molar-refractivity contribution >= 4 is 52.1 Å². The zero-order valence-electron chi connectivity index (χ0n) is 21.1. The molecule has 2 aliphatic carbocycles. The van der Waals surface area contributed by atoms with Crippen molar-refractivity contribution < 1.29 is 30.0 Å². The minimum absolute atomic E-state index is 0.00937. The summed E-state index contributed by atoms with van der Waals surface area (Å²) >= 11 is 20.6. The maximum Gasteiger partial charge on any atom is 0.203 e. The standard InChI is InChI=1S/C26H33Cl3N2O5/c1-11-7-8-14(27)23(3,4)13(11)9-26-22(35)16-17(19(32)12(2)20(33)18(16)31-30)21(34)25(26,29)10-15(28)24(5,6)36-26/h13-15,31-33H,1,7-10,30H2,2-6H3. The molecule has 4 rings (SSSR count). The van der Waals surface area contributed by atoms with Crippen molar-refractivity contribution in [1.82, 2.24) is 0 Å². The Morgan fingerprint density at radius 3 is 2.36 bits per heavy atom. The van der Waals surface area contributed by atoms with Gasteiger partial charge in [0.2, 0.25) is 5.78 Å². The van der Waals surface area contributed by atoms with Gasteiger partial charge >= 0.3 is 0 Å². The molecule has 7 nitrogen and oxygen atoms in total. The maximum absolute atomic E-state index is 14.6. The molecule has 3 aliphatic rings. The Bertz CT molecular complexity index is 1180. The second-order valence-electron chi connectivity index (χ2n) is 11.5. The molecule has 0 aromatic heterocycles. The van der Waals surface area contributed by atoms with Crippen molar-refractivity contribution in [1.29, 1.82) is 0 Å². The van der Waals surface area contributed by atoms with Crippen LogP contribution in [-0.2, 0) is 4.74 Å². The molecule has 5 unspecified atom stereocenters. The molecular formula is C26H33Cl3N2O5. The van der Waals surface area contributed by atoms with Crippen LogP contribution in [0.4, 0.5) is 5.69 Å². The summed E-state index contributed by atoms with van der Waals surface area (Å²) in [6.07, 6.45) is 1.31. The van der Waals surface area contributed by atoms with E-state index in [9.17, 15) is 19.8 Å². The Labute approximate surface area is 226 Å². The van der Waals surface area contributed by atoms with Crippen LogP contribution < -0.4 is 16.4 Å². The van der Waals surface area contributed by atoms with Crippen LogP contribution in [0.1, 0.15) is 79.7 Å². The molecule has 0 radical (unpaired) electrons. The van der Waals surface area contributed by atoms with Crippen molar-refractivity contribution in [2.75, 3.05) is 0 Å². The first-order valence-corrected chi connectivity index (χ1v) is 13.3. The van der Waals surface area contributed by atoms with Crippen molar-refractivity contribution in [3.8, 4) is 11.5 Å². The predicted octanol–water partition coefficient (Wildman–Crippen LogP) is 3.73. The van der Waals surface area contributed by atoms with Crippen LogP contribution in [0, 0.1) is 18.3 Å². The molecule has 5 atom stereocenters. The smallest absolute Gasteiger partial charge is 0.203 e. The third kappa shape index (κ3) is 3.50. The van der Waals surface area contributed by atoms with E-state index < -0.39 is 49.9 Å². The normalized spacial score (nSPS) is 35.4. The van der Waals surface area contributed by atoms with E-state index >= 15 is 0 Å². The molecule has 0 spiro atoms. The fourth-order valence-corrected chi connectivity index (χ4v) is 7.29. The van der Waals surface area contributed by atoms with Gasteiger partial charge in [0.15, 0.2) is 17.1 Å². The van der Waals surface area contributed by atoms with Gasteiger partial charge in [-0.1, -0.05) is 26.0 Å². The molecule has 1 aromatic rings. The molecule has 1 saturated carbocycles. The summed E-state index contributed by atoms with van der Waals surface area (Å²) in [6, 6.07) is 0. The Morgan fingerprint density at radius 1 is 1.17 bits per heavy atom. The number of hydrogen-bond acceptors (Lipinski definition) is 6. The van der Waals surface area contributed by atoms with Gasteiger partial charge in [-0.25, -0.2) is 5.43 Å². The minimum atomic E-state index is -1.94. The number of carbonyl (C=O) groups excluding carboxylic acids is 2. The van der Waals surface area contributed by atoms with Crippen LogP contribution >= 0.6 is 34.8 Å². The fourth-order valence-electron chi connectivity index (χ4n) is 6.23. The van der Waals surface area contributed by atoms with Gasteiger partial charge in [-0.2, -0.15) is 5.84 Å². The number of alkyl halides is 3. The first kappa shape index (κ1) is 27.7. The molecule has 1 aromatic carbocycles. The van der Waals surface area contributed by atoms with Gasteiger partial charge in [0, 0.05) is 5.38 Å². The van der Waals surface area contributed by atoms with E-state index in [1.807, 2.05) is 13.8 Å². The van der Waals surface area contributed by atoms with E-state index in [-0.39, 0.29) is 46.5 Å². The highest BCUT2D eigenvalue weighted by Crippen LogP contribution is 2.61. The number of rotatable bonds is 3. The first-order chi connectivity index (χ1) is 16.5. The Hall–Kier alpha value is -1.35. The Kier molecular flexibility index (Phi) is 6.60. The van der Waals surface area contributed by atoms with Gasteiger partial charge in [0.1, 0.15) is 10.6 Å². The number of phenols is 1. The summed E-state index contributed by atoms with van der Waals surface area (Å²) in [5.74, 6) is 2.86. The van der Waals surface area contributed by atoms with Crippen LogP contribution in [0.2, 0.25) is 0 Å². The average Bonchev–Trinajstić information content (AvgIpc) is 2.79. The first-order valence-electron chi connectivity index (χ1n) is 12.0. The number of Topliss-reactive ketones (excluding diaryl/α,β-unsaturated/α-hetero) is 2.